The number of carbonyl (C=O) groups is 1. The van der Waals surface area contributed by atoms with Gasteiger partial charge in [0.25, 0.3) is 0 Å². The highest BCUT2D eigenvalue weighted by Gasteiger charge is 2.38. The van der Waals surface area contributed by atoms with Crippen molar-refractivity contribution in [1.29, 1.82) is 0 Å². The van der Waals surface area contributed by atoms with Crippen molar-refractivity contribution < 1.29 is 4.79 Å². The first-order chi connectivity index (χ1) is 8.25. The molecule has 3 rings (SSSR count). The summed E-state index contributed by atoms with van der Waals surface area (Å²) in [6.45, 7) is 4.25. The summed E-state index contributed by atoms with van der Waals surface area (Å²) in [6.07, 6.45) is 0. The molecule has 0 bridgehead atoms. The lowest BCUT2D eigenvalue weighted by molar-refractivity contribution is 0.178. The van der Waals surface area contributed by atoms with Crippen LogP contribution in [0.4, 0.5) is 4.79 Å². The standard InChI is InChI=1S/C11H14BrN3OS/c12-9-1-4-17-10(9)7-14-6-8-5-13-2-3-15(8)11(14)16/h1,4,8,13H,2-3,5-7H2. The number of nitrogens with zero attached hydrogens (tertiary/aromatic N) is 2. The number of amides is 2. The highest BCUT2D eigenvalue weighted by Crippen LogP contribution is 2.27. The van der Waals surface area contributed by atoms with Crippen molar-refractivity contribution in [1.82, 2.24) is 15.1 Å². The van der Waals surface area contributed by atoms with Gasteiger partial charge in [0.15, 0.2) is 0 Å². The van der Waals surface area contributed by atoms with Gasteiger partial charge in [-0.3, -0.25) is 0 Å². The number of halogens is 1. The van der Waals surface area contributed by atoms with Gasteiger partial charge >= 0.3 is 6.03 Å². The van der Waals surface area contributed by atoms with Crippen LogP contribution >= 0.6 is 27.3 Å². The van der Waals surface area contributed by atoms with Crippen molar-refractivity contribution in [3.05, 3.63) is 20.8 Å². The van der Waals surface area contributed by atoms with Crippen LogP contribution in [0.3, 0.4) is 0 Å². The van der Waals surface area contributed by atoms with Gasteiger partial charge in [0.05, 0.1) is 12.6 Å². The molecule has 0 radical (unpaired) electrons. The van der Waals surface area contributed by atoms with Gasteiger partial charge in [-0.25, -0.2) is 4.79 Å². The third-order valence-corrected chi connectivity index (χ3v) is 5.23. The lowest BCUT2D eigenvalue weighted by atomic mass is 10.2. The molecule has 1 aromatic heterocycles. The molecule has 1 atom stereocenters. The maximum atomic E-state index is 12.2. The molecule has 1 unspecified atom stereocenters. The molecule has 0 saturated carbocycles. The van der Waals surface area contributed by atoms with Crippen LogP contribution in [0.2, 0.25) is 0 Å². The van der Waals surface area contributed by atoms with Crippen molar-refractivity contribution in [2.75, 3.05) is 26.2 Å². The molecular formula is C11H14BrN3OS. The van der Waals surface area contributed by atoms with E-state index in [-0.39, 0.29) is 6.03 Å². The number of carbonyl (C=O) groups excluding carboxylic acids is 1. The molecule has 2 amide bonds. The topological polar surface area (TPSA) is 35.6 Å². The second-order valence-electron chi connectivity index (χ2n) is 4.41. The molecule has 92 valence electrons. The van der Waals surface area contributed by atoms with E-state index in [4.69, 9.17) is 0 Å². The zero-order chi connectivity index (χ0) is 11.8. The normalized spacial score (nSPS) is 24.3. The Bertz CT molecular complexity index is 436. The van der Waals surface area contributed by atoms with Crippen LogP contribution in [0.25, 0.3) is 0 Å². The molecule has 0 aliphatic carbocycles. The first kappa shape index (κ1) is 11.5. The summed E-state index contributed by atoms with van der Waals surface area (Å²) in [6, 6.07) is 2.59. The largest absolute Gasteiger partial charge is 0.320 e. The fourth-order valence-electron chi connectivity index (χ4n) is 2.43. The molecule has 0 aromatic carbocycles. The van der Waals surface area contributed by atoms with Crippen LogP contribution in [0.15, 0.2) is 15.9 Å². The number of piperazine rings is 1. The molecule has 2 fully saturated rings. The lowest BCUT2D eigenvalue weighted by Crippen LogP contribution is -2.49. The highest BCUT2D eigenvalue weighted by atomic mass is 79.9. The number of rotatable bonds is 2. The second kappa shape index (κ2) is 4.59. The molecule has 17 heavy (non-hydrogen) atoms. The third kappa shape index (κ3) is 2.09. The Hall–Kier alpha value is -0.590. The van der Waals surface area contributed by atoms with E-state index < -0.39 is 0 Å². The summed E-state index contributed by atoms with van der Waals surface area (Å²) in [4.78, 5) is 17.4. The Kier molecular flexibility index (Phi) is 3.10. The predicted octanol–water partition coefficient (Wildman–Crippen LogP) is 1.72. The first-order valence-corrected chi connectivity index (χ1v) is 7.41. The molecule has 2 aliphatic rings. The van der Waals surface area contributed by atoms with E-state index in [2.05, 4.69) is 26.6 Å². The molecule has 1 aromatic rings. The second-order valence-corrected chi connectivity index (χ2v) is 6.26. The molecule has 1 N–H and O–H groups in total. The van der Waals surface area contributed by atoms with Crippen molar-refractivity contribution in [3.63, 3.8) is 0 Å². The molecule has 2 saturated heterocycles. The Morgan fingerprint density at radius 2 is 2.47 bits per heavy atom. The van der Waals surface area contributed by atoms with E-state index in [1.165, 1.54) is 4.88 Å². The summed E-state index contributed by atoms with van der Waals surface area (Å²) in [5.41, 5.74) is 0. The fourth-order valence-corrected chi connectivity index (χ4v) is 3.93. The minimum absolute atomic E-state index is 0.191. The van der Waals surface area contributed by atoms with Crippen molar-refractivity contribution in [2.45, 2.75) is 12.6 Å². The number of thiophene rings is 1. The SMILES string of the molecule is O=C1N(Cc2sccc2Br)CC2CNCCN12. The number of hydrogen-bond acceptors (Lipinski definition) is 3. The van der Waals surface area contributed by atoms with Gasteiger partial charge in [0, 0.05) is 35.5 Å². The Morgan fingerprint density at radius 1 is 1.59 bits per heavy atom. The molecule has 3 heterocycles. The van der Waals surface area contributed by atoms with E-state index in [1.54, 1.807) is 11.3 Å². The summed E-state index contributed by atoms with van der Waals surface area (Å²) >= 11 is 5.21. The minimum atomic E-state index is 0.191. The van der Waals surface area contributed by atoms with Crippen LogP contribution < -0.4 is 5.32 Å². The van der Waals surface area contributed by atoms with Gasteiger partial charge in [-0.15, -0.1) is 11.3 Å². The van der Waals surface area contributed by atoms with Crippen LogP contribution in [0.5, 0.6) is 0 Å². The van der Waals surface area contributed by atoms with Crippen LogP contribution in [-0.4, -0.2) is 48.1 Å². The molecule has 6 heteroatoms. The van der Waals surface area contributed by atoms with E-state index in [1.807, 2.05) is 15.9 Å². The van der Waals surface area contributed by atoms with Gasteiger partial charge in [0.2, 0.25) is 0 Å². The quantitative estimate of drug-likeness (QED) is 0.902. The van der Waals surface area contributed by atoms with Crippen molar-refractivity contribution in [3.8, 4) is 0 Å². The average molecular weight is 316 g/mol. The van der Waals surface area contributed by atoms with Gasteiger partial charge in [0.1, 0.15) is 0 Å². The summed E-state index contributed by atoms with van der Waals surface area (Å²) in [7, 11) is 0. The zero-order valence-corrected chi connectivity index (χ0v) is 11.8. The van der Waals surface area contributed by atoms with Crippen LogP contribution in [0, 0.1) is 0 Å². The van der Waals surface area contributed by atoms with E-state index in [9.17, 15) is 4.79 Å². The maximum absolute atomic E-state index is 12.2. The summed E-state index contributed by atoms with van der Waals surface area (Å²) < 4.78 is 1.11. The number of nitrogens with one attached hydrogen (secondary N) is 1. The first-order valence-electron chi connectivity index (χ1n) is 5.74. The average Bonchev–Trinajstić information content (AvgIpc) is 2.87. The van der Waals surface area contributed by atoms with Crippen molar-refractivity contribution >= 4 is 33.3 Å². The van der Waals surface area contributed by atoms with Crippen molar-refractivity contribution in [2.24, 2.45) is 0 Å². The Balaban J connectivity index is 1.73. The molecular weight excluding hydrogens is 302 g/mol. The predicted molar refractivity (Wildman–Crippen MR) is 71.2 cm³/mol. The van der Waals surface area contributed by atoms with Gasteiger partial charge in [-0.2, -0.15) is 0 Å². The van der Waals surface area contributed by atoms with Gasteiger partial charge < -0.3 is 15.1 Å². The monoisotopic (exact) mass is 315 g/mol. The zero-order valence-electron chi connectivity index (χ0n) is 9.36. The summed E-state index contributed by atoms with van der Waals surface area (Å²) in [5.74, 6) is 0. The van der Waals surface area contributed by atoms with Gasteiger partial charge in [-0.1, -0.05) is 0 Å². The minimum Gasteiger partial charge on any atom is -0.317 e. The number of urea groups is 1. The third-order valence-electron chi connectivity index (χ3n) is 3.32. The highest BCUT2D eigenvalue weighted by molar-refractivity contribution is 9.10. The molecule has 0 spiro atoms. The van der Waals surface area contributed by atoms with E-state index >= 15 is 0 Å². The van der Waals surface area contributed by atoms with E-state index in [0.717, 1.165) is 37.2 Å². The smallest absolute Gasteiger partial charge is 0.317 e. The molecule has 2 aliphatic heterocycles. The number of hydrogen-bond donors (Lipinski definition) is 1. The van der Waals surface area contributed by atoms with Crippen LogP contribution in [0.1, 0.15) is 4.88 Å². The number of fused-ring (bicyclic) bond motifs is 1. The lowest BCUT2D eigenvalue weighted by Gasteiger charge is -2.28. The van der Waals surface area contributed by atoms with E-state index in [0.29, 0.717) is 6.04 Å². The molecule has 4 nitrogen and oxygen atoms in total. The maximum Gasteiger partial charge on any atom is 0.320 e. The summed E-state index contributed by atoms with van der Waals surface area (Å²) in [5, 5.41) is 5.39. The fraction of sp³-hybridized carbons (Fsp3) is 0.545. The van der Waals surface area contributed by atoms with Gasteiger partial charge in [-0.05, 0) is 27.4 Å². The van der Waals surface area contributed by atoms with Crippen LogP contribution in [-0.2, 0) is 6.54 Å². The Morgan fingerprint density at radius 3 is 3.18 bits per heavy atom. The Labute approximate surface area is 113 Å².